The van der Waals surface area contributed by atoms with Crippen LogP contribution in [0, 0.1) is 19.8 Å². The minimum absolute atomic E-state index is 0.0761. The van der Waals surface area contributed by atoms with Crippen molar-refractivity contribution in [1.29, 1.82) is 0 Å². The van der Waals surface area contributed by atoms with Gasteiger partial charge >= 0.3 is 5.97 Å². The molecule has 29 heavy (non-hydrogen) atoms. The SMILES string of the molecule is COc1ccc(NC(=O)COC(=O)[C@H]2CC(=O)N(c3c(C)cccc3C)C2)cc1. The van der Waals surface area contributed by atoms with Crippen molar-refractivity contribution in [3.05, 3.63) is 53.6 Å². The van der Waals surface area contributed by atoms with Gasteiger partial charge in [-0.3, -0.25) is 14.4 Å². The van der Waals surface area contributed by atoms with E-state index >= 15 is 0 Å². The van der Waals surface area contributed by atoms with Crippen LogP contribution in [0.1, 0.15) is 17.5 Å². The van der Waals surface area contributed by atoms with Crippen LogP contribution in [0.2, 0.25) is 0 Å². The lowest BCUT2D eigenvalue weighted by Gasteiger charge is -2.21. The van der Waals surface area contributed by atoms with Crippen LogP contribution in [0.3, 0.4) is 0 Å². The van der Waals surface area contributed by atoms with Gasteiger partial charge in [0.15, 0.2) is 6.61 Å². The molecule has 7 heteroatoms. The molecule has 1 N–H and O–H groups in total. The van der Waals surface area contributed by atoms with Crippen LogP contribution in [0.4, 0.5) is 11.4 Å². The van der Waals surface area contributed by atoms with Crippen molar-refractivity contribution < 1.29 is 23.9 Å². The topological polar surface area (TPSA) is 84.9 Å². The number of hydrogen-bond acceptors (Lipinski definition) is 5. The number of nitrogens with one attached hydrogen (secondary N) is 1. The van der Waals surface area contributed by atoms with Gasteiger partial charge in [-0.15, -0.1) is 0 Å². The van der Waals surface area contributed by atoms with Crippen molar-refractivity contribution >= 4 is 29.2 Å². The number of carbonyl (C=O) groups is 3. The van der Waals surface area contributed by atoms with E-state index in [-0.39, 0.29) is 18.9 Å². The molecule has 1 atom stereocenters. The monoisotopic (exact) mass is 396 g/mol. The Labute approximate surface area is 169 Å². The molecule has 0 saturated carbocycles. The average molecular weight is 396 g/mol. The number of amides is 2. The van der Waals surface area contributed by atoms with Crippen molar-refractivity contribution in [1.82, 2.24) is 0 Å². The van der Waals surface area contributed by atoms with Gasteiger partial charge in [0, 0.05) is 24.3 Å². The van der Waals surface area contributed by atoms with E-state index in [1.54, 1.807) is 36.3 Å². The molecule has 2 aromatic carbocycles. The quantitative estimate of drug-likeness (QED) is 0.759. The number of anilines is 2. The van der Waals surface area contributed by atoms with Crippen LogP contribution in [-0.4, -0.2) is 38.0 Å². The van der Waals surface area contributed by atoms with E-state index < -0.39 is 24.4 Å². The summed E-state index contributed by atoms with van der Waals surface area (Å²) in [7, 11) is 1.56. The van der Waals surface area contributed by atoms with E-state index in [1.807, 2.05) is 32.0 Å². The summed E-state index contributed by atoms with van der Waals surface area (Å²) in [6, 6.07) is 12.6. The van der Waals surface area contributed by atoms with Crippen molar-refractivity contribution in [3.63, 3.8) is 0 Å². The maximum Gasteiger partial charge on any atom is 0.311 e. The standard InChI is InChI=1S/C22H24N2O5/c1-14-5-4-6-15(2)21(14)24-12-16(11-20(24)26)22(27)29-13-19(25)23-17-7-9-18(28-3)10-8-17/h4-10,16H,11-13H2,1-3H3,(H,23,25)/t16-/m0/s1. The molecule has 1 aliphatic rings. The highest BCUT2D eigenvalue weighted by atomic mass is 16.5. The fraction of sp³-hybridized carbons (Fsp3) is 0.318. The second kappa shape index (κ2) is 8.77. The normalized spacial score (nSPS) is 15.9. The molecule has 1 aliphatic heterocycles. The van der Waals surface area contributed by atoms with Gasteiger partial charge < -0.3 is 19.7 Å². The average Bonchev–Trinajstić information content (AvgIpc) is 3.08. The lowest BCUT2D eigenvalue weighted by Crippen LogP contribution is -2.29. The predicted molar refractivity (Wildman–Crippen MR) is 109 cm³/mol. The number of esters is 1. The molecule has 0 aromatic heterocycles. The summed E-state index contributed by atoms with van der Waals surface area (Å²) >= 11 is 0. The number of ether oxygens (including phenoxy) is 2. The summed E-state index contributed by atoms with van der Waals surface area (Å²) in [4.78, 5) is 38.5. The zero-order valence-electron chi connectivity index (χ0n) is 16.7. The number of para-hydroxylation sites is 1. The molecule has 1 heterocycles. The summed E-state index contributed by atoms with van der Waals surface area (Å²) in [5.74, 6) is -1.02. The first-order chi connectivity index (χ1) is 13.9. The highest BCUT2D eigenvalue weighted by molar-refractivity contribution is 6.01. The van der Waals surface area contributed by atoms with Gasteiger partial charge in [-0.25, -0.2) is 0 Å². The Morgan fingerprint density at radius 1 is 1.10 bits per heavy atom. The summed E-state index contributed by atoms with van der Waals surface area (Å²) < 4.78 is 10.2. The van der Waals surface area contributed by atoms with Gasteiger partial charge in [0.25, 0.3) is 5.91 Å². The van der Waals surface area contributed by atoms with Crippen molar-refractivity contribution in [2.24, 2.45) is 5.92 Å². The van der Waals surface area contributed by atoms with E-state index in [9.17, 15) is 14.4 Å². The lowest BCUT2D eigenvalue weighted by atomic mass is 10.1. The first-order valence-corrected chi connectivity index (χ1v) is 9.36. The number of hydrogen-bond donors (Lipinski definition) is 1. The van der Waals surface area contributed by atoms with Gasteiger partial charge in [0.05, 0.1) is 13.0 Å². The largest absolute Gasteiger partial charge is 0.497 e. The minimum Gasteiger partial charge on any atom is -0.497 e. The molecule has 152 valence electrons. The predicted octanol–water partition coefficient (Wildman–Crippen LogP) is 2.85. The maximum atomic E-state index is 12.5. The summed E-state index contributed by atoms with van der Waals surface area (Å²) in [6.07, 6.45) is 0.0761. The second-order valence-electron chi connectivity index (χ2n) is 7.03. The Bertz CT molecular complexity index is 903. The van der Waals surface area contributed by atoms with E-state index in [2.05, 4.69) is 5.32 Å². The molecule has 2 amide bonds. The molecule has 0 bridgehead atoms. The Hall–Kier alpha value is -3.35. The number of methoxy groups -OCH3 is 1. The van der Waals surface area contributed by atoms with Crippen molar-refractivity contribution in [2.45, 2.75) is 20.3 Å². The molecule has 1 saturated heterocycles. The molecule has 1 fully saturated rings. The Morgan fingerprint density at radius 2 is 1.76 bits per heavy atom. The molecule has 0 spiro atoms. The fourth-order valence-electron chi connectivity index (χ4n) is 3.44. The van der Waals surface area contributed by atoms with Gasteiger partial charge in [-0.1, -0.05) is 18.2 Å². The fourth-order valence-corrected chi connectivity index (χ4v) is 3.44. The minimum atomic E-state index is -0.588. The van der Waals surface area contributed by atoms with E-state index in [1.165, 1.54) is 0 Å². The number of benzene rings is 2. The summed E-state index contributed by atoms with van der Waals surface area (Å²) in [5.41, 5.74) is 3.37. The van der Waals surface area contributed by atoms with Crippen LogP contribution in [-0.2, 0) is 19.1 Å². The summed E-state index contributed by atoms with van der Waals surface area (Å²) in [5, 5.41) is 2.65. The maximum absolute atomic E-state index is 12.5. The third-order valence-corrected chi connectivity index (χ3v) is 4.89. The Balaban J connectivity index is 1.54. The number of aryl methyl sites for hydroxylation is 2. The Morgan fingerprint density at radius 3 is 2.38 bits per heavy atom. The molecular weight excluding hydrogens is 372 g/mol. The van der Waals surface area contributed by atoms with Gasteiger partial charge in [-0.05, 0) is 49.2 Å². The molecule has 2 aromatic rings. The van der Waals surface area contributed by atoms with E-state index in [0.717, 1.165) is 16.8 Å². The van der Waals surface area contributed by atoms with Gasteiger partial charge in [0.1, 0.15) is 5.75 Å². The molecule has 0 aliphatic carbocycles. The number of nitrogens with zero attached hydrogens (tertiary/aromatic N) is 1. The highest BCUT2D eigenvalue weighted by Crippen LogP contribution is 2.31. The molecule has 3 rings (SSSR count). The third kappa shape index (κ3) is 4.74. The third-order valence-electron chi connectivity index (χ3n) is 4.89. The smallest absolute Gasteiger partial charge is 0.311 e. The zero-order chi connectivity index (χ0) is 21.0. The van der Waals surface area contributed by atoms with Crippen LogP contribution < -0.4 is 15.0 Å². The van der Waals surface area contributed by atoms with Crippen LogP contribution in [0.15, 0.2) is 42.5 Å². The number of rotatable bonds is 6. The Kier molecular flexibility index (Phi) is 6.16. The van der Waals surface area contributed by atoms with Crippen molar-refractivity contribution in [3.8, 4) is 5.75 Å². The van der Waals surface area contributed by atoms with E-state index in [0.29, 0.717) is 11.4 Å². The first kappa shape index (κ1) is 20.4. The van der Waals surface area contributed by atoms with Crippen molar-refractivity contribution in [2.75, 3.05) is 30.5 Å². The molecule has 0 unspecified atom stereocenters. The second-order valence-corrected chi connectivity index (χ2v) is 7.03. The summed E-state index contributed by atoms with van der Waals surface area (Å²) in [6.45, 7) is 3.72. The van der Waals surface area contributed by atoms with Crippen LogP contribution >= 0.6 is 0 Å². The molecule has 7 nitrogen and oxygen atoms in total. The number of carbonyl (C=O) groups excluding carboxylic acids is 3. The molecule has 0 radical (unpaired) electrons. The van der Waals surface area contributed by atoms with Gasteiger partial charge in [0.2, 0.25) is 5.91 Å². The van der Waals surface area contributed by atoms with Crippen LogP contribution in [0.25, 0.3) is 0 Å². The molecular formula is C22H24N2O5. The van der Waals surface area contributed by atoms with E-state index in [4.69, 9.17) is 9.47 Å². The first-order valence-electron chi connectivity index (χ1n) is 9.36. The van der Waals surface area contributed by atoms with Crippen LogP contribution in [0.5, 0.6) is 5.75 Å². The zero-order valence-corrected chi connectivity index (χ0v) is 16.7. The highest BCUT2D eigenvalue weighted by Gasteiger charge is 2.37. The van der Waals surface area contributed by atoms with Gasteiger partial charge in [-0.2, -0.15) is 0 Å². The lowest BCUT2D eigenvalue weighted by molar-refractivity contribution is -0.151.